The van der Waals surface area contributed by atoms with Crippen LogP contribution in [0.5, 0.6) is 0 Å². The Labute approximate surface area is 100 Å². The molecule has 0 bridgehead atoms. The highest BCUT2D eigenvalue weighted by molar-refractivity contribution is 7.10. The molecule has 16 heavy (non-hydrogen) atoms. The minimum Gasteiger partial charge on any atom is -0.294 e. The molecule has 0 saturated carbocycles. The lowest BCUT2D eigenvalue weighted by Crippen LogP contribution is -2.31. The first-order chi connectivity index (χ1) is 7.86. The predicted molar refractivity (Wildman–Crippen MR) is 68.9 cm³/mol. The monoisotopic (exact) mass is 229 g/mol. The highest BCUT2D eigenvalue weighted by Crippen LogP contribution is 2.37. The average molecular weight is 229 g/mol. The molecule has 0 fully saturated rings. The fourth-order valence-electron chi connectivity index (χ4n) is 2.46. The summed E-state index contributed by atoms with van der Waals surface area (Å²) >= 11 is 1.89. The Hall–Kier alpha value is -1.12. The molecule has 2 heterocycles. The highest BCUT2D eigenvalue weighted by Gasteiger charge is 2.26. The Balaban J connectivity index is 2.08. The molecule has 2 aromatic rings. The molecule has 0 aliphatic carbocycles. The fraction of sp³-hybridized carbons (Fsp3) is 0.286. The van der Waals surface area contributed by atoms with Crippen LogP contribution in [-0.4, -0.2) is 18.5 Å². The number of nitrogens with zero attached hydrogens (tertiary/aromatic N) is 1. The van der Waals surface area contributed by atoms with Crippen LogP contribution in [0.15, 0.2) is 41.8 Å². The van der Waals surface area contributed by atoms with Crippen LogP contribution < -0.4 is 0 Å². The van der Waals surface area contributed by atoms with Gasteiger partial charge in [0.15, 0.2) is 0 Å². The first-order valence-electron chi connectivity index (χ1n) is 5.68. The zero-order valence-corrected chi connectivity index (χ0v) is 10.2. The number of fused-ring (bicyclic) bond motifs is 1. The van der Waals surface area contributed by atoms with E-state index in [4.69, 9.17) is 0 Å². The molecule has 0 amide bonds. The maximum Gasteiger partial charge on any atom is 0.0696 e. The van der Waals surface area contributed by atoms with Crippen LogP contribution in [0, 0.1) is 0 Å². The van der Waals surface area contributed by atoms with Crippen LogP contribution in [0.1, 0.15) is 22.0 Å². The number of likely N-dealkylation sites (N-methyl/N-ethyl adjacent to an activating group) is 1. The first-order valence-corrected chi connectivity index (χ1v) is 6.55. The minimum atomic E-state index is 0.463. The van der Waals surface area contributed by atoms with E-state index in [0.29, 0.717) is 6.04 Å². The molecule has 0 saturated heterocycles. The SMILES string of the molecule is CN1CCc2ccsc2C1c1ccccc1. The summed E-state index contributed by atoms with van der Waals surface area (Å²) in [4.78, 5) is 3.98. The van der Waals surface area contributed by atoms with Gasteiger partial charge in [-0.3, -0.25) is 4.90 Å². The smallest absolute Gasteiger partial charge is 0.0696 e. The number of benzene rings is 1. The summed E-state index contributed by atoms with van der Waals surface area (Å²) in [7, 11) is 2.22. The van der Waals surface area contributed by atoms with Gasteiger partial charge in [-0.2, -0.15) is 0 Å². The summed E-state index contributed by atoms with van der Waals surface area (Å²) in [5.74, 6) is 0. The van der Waals surface area contributed by atoms with E-state index in [-0.39, 0.29) is 0 Å². The molecule has 82 valence electrons. The van der Waals surface area contributed by atoms with Crippen molar-refractivity contribution < 1.29 is 0 Å². The van der Waals surface area contributed by atoms with Gasteiger partial charge in [-0.05, 0) is 36.0 Å². The first kappa shape index (κ1) is 10.1. The van der Waals surface area contributed by atoms with Crippen molar-refractivity contribution >= 4 is 11.3 Å². The third-order valence-electron chi connectivity index (χ3n) is 3.32. The Kier molecular flexibility index (Phi) is 2.54. The van der Waals surface area contributed by atoms with Gasteiger partial charge in [0.25, 0.3) is 0 Å². The maximum atomic E-state index is 2.45. The largest absolute Gasteiger partial charge is 0.294 e. The second-order valence-corrected chi connectivity index (χ2v) is 5.30. The average Bonchev–Trinajstić information content (AvgIpc) is 2.78. The molecule has 0 N–H and O–H groups in total. The van der Waals surface area contributed by atoms with Crippen molar-refractivity contribution in [2.45, 2.75) is 12.5 Å². The second-order valence-electron chi connectivity index (χ2n) is 4.35. The van der Waals surface area contributed by atoms with Crippen molar-refractivity contribution in [3.8, 4) is 0 Å². The lowest BCUT2D eigenvalue weighted by molar-refractivity contribution is 0.269. The van der Waals surface area contributed by atoms with Crippen LogP contribution in [0.4, 0.5) is 0 Å². The van der Waals surface area contributed by atoms with Gasteiger partial charge < -0.3 is 0 Å². The predicted octanol–water partition coefficient (Wildman–Crippen LogP) is 3.33. The van der Waals surface area contributed by atoms with Crippen molar-refractivity contribution in [1.29, 1.82) is 0 Å². The van der Waals surface area contributed by atoms with Crippen LogP contribution >= 0.6 is 11.3 Å². The molecule has 1 aliphatic heterocycles. The molecule has 3 rings (SSSR count). The van der Waals surface area contributed by atoms with E-state index >= 15 is 0 Å². The van der Waals surface area contributed by atoms with Gasteiger partial charge in [0, 0.05) is 11.4 Å². The molecule has 1 atom stereocenters. The van der Waals surface area contributed by atoms with E-state index in [9.17, 15) is 0 Å². The Morgan fingerprint density at radius 2 is 2.00 bits per heavy atom. The van der Waals surface area contributed by atoms with Gasteiger partial charge in [-0.25, -0.2) is 0 Å². The van der Waals surface area contributed by atoms with Crippen LogP contribution in [0.2, 0.25) is 0 Å². The third kappa shape index (κ3) is 1.58. The van der Waals surface area contributed by atoms with E-state index in [0.717, 1.165) is 6.54 Å². The molecule has 0 spiro atoms. The molecular formula is C14H15NS. The Morgan fingerprint density at radius 3 is 2.81 bits per heavy atom. The molecule has 1 aromatic heterocycles. The highest BCUT2D eigenvalue weighted by atomic mass is 32.1. The minimum absolute atomic E-state index is 0.463. The van der Waals surface area contributed by atoms with E-state index in [2.05, 4.69) is 53.7 Å². The molecule has 0 radical (unpaired) electrons. The molecular weight excluding hydrogens is 214 g/mol. The van der Waals surface area contributed by atoms with Crippen LogP contribution in [-0.2, 0) is 6.42 Å². The lowest BCUT2D eigenvalue weighted by Gasteiger charge is -2.32. The van der Waals surface area contributed by atoms with Gasteiger partial charge in [0.1, 0.15) is 0 Å². The fourth-order valence-corrected chi connectivity index (χ4v) is 3.61. The van der Waals surface area contributed by atoms with Gasteiger partial charge in [0.2, 0.25) is 0 Å². The summed E-state index contributed by atoms with van der Waals surface area (Å²) in [5.41, 5.74) is 2.95. The normalized spacial score (nSPS) is 20.7. The quantitative estimate of drug-likeness (QED) is 0.725. The molecule has 2 heteroatoms. The van der Waals surface area contributed by atoms with Crippen molar-refractivity contribution in [2.75, 3.05) is 13.6 Å². The van der Waals surface area contributed by atoms with Gasteiger partial charge in [-0.1, -0.05) is 30.3 Å². The summed E-state index contributed by atoms with van der Waals surface area (Å²) in [6, 6.07) is 13.6. The van der Waals surface area contributed by atoms with Crippen molar-refractivity contribution in [1.82, 2.24) is 4.90 Å². The summed E-state index contributed by atoms with van der Waals surface area (Å²) < 4.78 is 0. The number of hydrogen-bond donors (Lipinski definition) is 0. The van der Waals surface area contributed by atoms with Gasteiger partial charge >= 0.3 is 0 Å². The second kappa shape index (κ2) is 4.04. The molecule has 1 aliphatic rings. The number of rotatable bonds is 1. The number of hydrogen-bond acceptors (Lipinski definition) is 2. The summed E-state index contributed by atoms with van der Waals surface area (Å²) in [6.45, 7) is 1.16. The standard InChI is InChI=1S/C14H15NS/c1-15-9-7-12-8-10-16-14(12)13(15)11-5-3-2-4-6-11/h2-6,8,10,13H,7,9H2,1H3. The van der Waals surface area contributed by atoms with Crippen LogP contribution in [0.25, 0.3) is 0 Å². The molecule has 1 aromatic carbocycles. The van der Waals surface area contributed by atoms with Gasteiger partial charge in [-0.15, -0.1) is 11.3 Å². The maximum absolute atomic E-state index is 2.45. The lowest BCUT2D eigenvalue weighted by atomic mass is 9.96. The van der Waals surface area contributed by atoms with Crippen molar-refractivity contribution in [3.05, 3.63) is 57.8 Å². The van der Waals surface area contributed by atoms with Crippen molar-refractivity contribution in [3.63, 3.8) is 0 Å². The zero-order valence-electron chi connectivity index (χ0n) is 9.39. The van der Waals surface area contributed by atoms with E-state index in [1.54, 1.807) is 0 Å². The van der Waals surface area contributed by atoms with Crippen molar-refractivity contribution in [2.24, 2.45) is 0 Å². The molecule has 1 unspecified atom stereocenters. The molecule has 1 nitrogen and oxygen atoms in total. The zero-order chi connectivity index (χ0) is 11.0. The van der Waals surface area contributed by atoms with Crippen LogP contribution in [0.3, 0.4) is 0 Å². The number of thiophene rings is 1. The summed E-state index contributed by atoms with van der Waals surface area (Å²) in [6.07, 6.45) is 1.19. The topological polar surface area (TPSA) is 3.24 Å². The Morgan fingerprint density at radius 1 is 1.19 bits per heavy atom. The van der Waals surface area contributed by atoms with Gasteiger partial charge in [0.05, 0.1) is 6.04 Å². The Bertz CT molecular complexity index is 474. The third-order valence-corrected chi connectivity index (χ3v) is 4.33. The summed E-state index contributed by atoms with van der Waals surface area (Å²) in [5, 5.41) is 2.22. The van der Waals surface area contributed by atoms with E-state index < -0.39 is 0 Å². The van der Waals surface area contributed by atoms with E-state index in [1.807, 2.05) is 11.3 Å². The van der Waals surface area contributed by atoms with E-state index in [1.165, 1.54) is 22.4 Å².